The minimum absolute atomic E-state index is 0.600. The van der Waals surface area contributed by atoms with Gasteiger partial charge in [-0.15, -0.1) is 0 Å². The van der Waals surface area contributed by atoms with Crippen molar-refractivity contribution < 1.29 is 0 Å². The van der Waals surface area contributed by atoms with E-state index in [1.807, 2.05) is 0 Å². The Balaban J connectivity index is 1.98. The van der Waals surface area contributed by atoms with Crippen molar-refractivity contribution in [2.45, 2.75) is 52.0 Å². The topological polar surface area (TPSA) is 41.0 Å². The van der Waals surface area contributed by atoms with E-state index in [-0.39, 0.29) is 0 Å². The Morgan fingerprint density at radius 3 is 3.00 bits per heavy atom. The number of hydrogen-bond donors (Lipinski definition) is 1. The van der Waals surface area contributed by atoms with E-state index in [1.165, 1.54) is 25.7 Å². The molecule has 1 aliphatic rings. The van der Waals surface area contributed by atoms with Crippen LogP contribution in [0, 0.1) is 0 Å². The van der Waals surface area contributed by atoms with Crippen molar-refractivity contribution in [1.29, 1.82) is 0 Å². The lowest BCUT2D eigenvalue weighted by molar-refractivity contribution is 0.435. The Kier molecular flexibility index (Phi) is 5.38. The molecule has 1 aromatic heterocycles. The number of nitrogens with zero attached hydrogens (tertiary/aromatic N) is 3. The summed E-state index contributed by atoms with van der Waals surface area (Å²) in [6.45, 7) is 7.65. The van der Waals surface area contributed by atoms with Gasteiger partial charge in [-0.25, -0.2) is 4.98 Å². The summed E-state index contributed by atoms with van der Waals surface area (Å²) in [7, 11) is 0. The van der Waals surface area contributed by atoms with Crippen LogP contribution in [0.2, 0.25) is 0 Å². The van der Waals surface area contributed by atoms with E-state index in [0.29, 0.717) is 6.04 Å². The van der Waals surface area contributed by atoms with Gasteiger partial charge in [0.05, 0.1) is 0 Å². The van der Waals surface area contributed by atoms with E-state index in [9.17, 15) is 0 Å². The largest absolute Gasteiger partial charge is 0.343 e. The van der Waals surface area contributed by atoms with Crippen LogP contribution in [-0.2, 0) is 6.42 Å². The molecule has 5 heteroatoms. The quantitative estimate of drug-likeness (QED) is 0.805. The zero-order valence-electron chi connectivity index (χ0n) is 11.5. The summed E-state index contributed by atoms with van der Waals surface area (Å²) in [5.41, 5.74) is 0. The molecule has 1 atom stereocenters. The normalized spacial score (nSPS) is 20.3. The van der Waals surface area contributed by atoms with Crippen molar-refractivity contribution >= 4 is 16.7 Å². The number of piperidine rings is 1. The van der Waals surface area contributed by atoms with Crippen LogP contribution in [0.25, 0.3) is 0 Å². The molecular formula is C13H24N4S. The lowest BCUT2D eigenvalue weighted by atomic mass is 10.0. The third-order valence-corrected chi connectivity index (χ3v) is 4.24. The van der Waals surface area contributed by atoms with Crippen molar-refractivity contribution in [3.05, 3.63) is 5.82 Å². The average molecular weight is 268 g/mol. The highest BCUT2D eigenvalue weighted by Gasteiger charge is 2.24. The summed E-state index contributed by atoms with van der Waals surface area (Å²) in [6.07, 6.45) is 6.03. The van der Waals surface area contributed by atoms with Crippen LogP contribution in [0.15, 0.2) is 0 Å². The molecule has 1 fully saturated rings. The number of aryl methyl sites for hydroxylation is 1. The molecule has 0 radical (unpaired) electrons. The maximum atomic E-state index is 4.64. The van der Waals surface area contributed by atoms with Crippen molar-refractivity contribution in [2.24, 2.45) is 0 Å². The van der Waals surface area contributed by atoms with E-state index in [2.05, 4.69) is 33.4 Å². The molecule has 0 bridgehead atoms. The number of nitrogens with one attached hydrogen (secondary N) is 1. The second kappa shape index (κ2) is 7.04. The maximum Gasteiger partial charge on any atom is 0.205 e. The number of rotatable bonds is 6. The van der Waals surface area contributed by atoms with Crippen molar-refractivity contribution in [3.63, 3.8) is 0 Å². The molecule has 0 aliphatic carbocycles. The molecule has 102 valence electrons. The Morgan fingerprint density at radius 2 is 2.28 bits per heavy atom. The molecule has 1 saturated heterocycles. The standard InChI is InChI=1S/C13H24N4S/c1-3-8-14-10-11-7-5-6-9-17(11)13-15-12(4-2)16-18-13/h11,14H,3-10H2,1-2H3. The summed E-state index contributed by atoms with van der Waals surface area (Å²) in [5, 5.41) is 4.66. The molecule has 1 aliphatic heterocycles. The summed E-state index contributed by atoms with van der Waals surface area (Å²) in [5.74, 6) is 0.987. The zero-order valence-corrected chi connectivity index (χ0v) is 12.3. The molecule has 0 spiro atoms. The summed E-state index contributed by atoms with van der Waals surface area (Å²) >= 11 is 1.56. The molecule has 2 heterocycles. The van der Waals surface area contributed by atoms with Crippen molar-refractivity contribution in [3.8, 4) is 0 Å². The smallest absolute Gasteiger partial charge is 0.205 e. The number of aromatic nitrogens is 2. The Morgan fingerprint density at radius 1 is 1.39 bits per heavy atom. The van der Waals surface area contributed by atoms with Crippen LogP contribution in [0.4, 0.5) is 5.13 Å². The fraction of sp³-hybridized carbons (Fsp3) is 0.846. The lowest BCUT2D eigenvalue weighted by Gasteiger charge is -2.35. The Bertz CT molecular complexity index is 353. The van der Waals surface area contributed by atoms with E-state index in [0.717, 1.165) is 37.0 Å². The second-order valence-corrected chi connectivity index (χ2v) is 5.62. The van der Waals surface area contributed by atoms with Gasteiger partial charge >= 0.3 is 0 Å². The van der Waals surface area contributed by atoms with Gasteiger partial charge in [-0.1, -0.05) is 13.8 Å². The van der Waals surface area contributed by atoms with Crippen molar-refractivity contribution in [1.82, 2.24) is 14.7 Å². The van der Waals surface area contributed by atoms with Crippen LogP contribution in [-0.4, -0.2) is 35.0 Å². The summed E-state index contributed by atoms with van der Waals surface area (Å²) in [6, 6.07) is 0.600. The first-order chi connectivity index (χ1) is 8.85. The molecule has 0 saturated carbocycles. The van der Waals surface area contributed by atoms with Gasteiger partial charge < -0.3 is 10.2 Å². The highest BCUT2D eigenvalue weighted by molar-refractivity contribution is 7.09. The molecule has 18 heavy (non-hydrogen) atoms. The van der Waals surface area contributed by atoms with Gasteiger partial charge in [0.2, 0.25) is 5.13 Å². The maximum absolute atomic E-state index is 4.64. The van der Waals surface area contributed by atoms with E-state index in [4.69, 9.17) is 0 Å². The highest BCUT2D eigenvalue weighted by atomic mass is 32.1. The third kappa shape index (κ3) is 3.42. The summed E-state index contributed by atoms with van der Waals surface area (Å²) in [4.78, 5) is 7.10. The molecular weight excluding hydrogens is 244 g/mol. The first-order valence-electron chi connectivity index (χ1n) is 7.15. The van der Waals surface area contributed by atoms with E-state index >= 15 is 0 Å². The van der Waals surface area contributed by atoms with Gasteiger partial charge in [0.1, 0.15) is 5.82 Å². The molecule has 1 aromatic rings. The lowest BCUT2D eigenvalue weighted by Crippen LogP contribution is -2.45. The fourth-order valence-corrected chi connectivity index (χ4v) is 3.26. The molecule has 0 amide bonds. The van der Waals surface area contributed by atoms with Crippen LogP contribution in [0.3, 0.4) is 0 Å². The Labute approximate surface area is 114 Å². The average Bonchev–Trinajstić information content (AvgIpc) is 2.88. The number of hydrogen-bond acceptors (Lipinski definition) is 5. The highest BCUT2D eigenvalue weighted by Crippen LogP contribution is 2.26. The van der Waals surface area contributed by atoms with E-state index in [1.54, 1.807) is 11.5 Å². The first kappa shape index (κ1) is 13.7. The van der Waals surface area contributed by atoms with Crippen molar-refractivity contribution in [2.75, 3.05) is 24.5 Å². The van der Waals surface area contributed by atoms with Crippen LogP contribution >= 0.6 is 11.5 Å². The molecule has 0 aromatic carbocycles. The predicted molar refractivity (Wildman–Crippen MR) is 77.4 cm³/mol. The summed E-state index contributed by atoms with van der Waals surface area (Å²) < 4.78 is 4.41. The van der Waals surface area contributed by atoms with Gasteiger partial charge in [0.25, 0.3) is 0 Å². The minimum atomic E-state index is 0.600. The molecule has 1 unspecified atom stereocenters. The van der Waals surface area contributed by atoms with Gasteiger partial charge in [0.15, 0.2) is 0 Å². The van der Waals surface area contributed by atoms with Gasteiger partial charge in [-0.3, -0.25) is 0 Å². The Hall–Kier alpha value is -0.680. The molecule has 1 N–H and O–H groups in total. The van der Waals surface area contributed by atoms with Gasteiger partial charge in [-0.2, -0.15) is 4.37 Å². The third-order valence-electron chi connectivity index (χ3n) is 3.45. The fourth-order valence-electron chi connectivity index (χ4n) is 2.42. The van der Waals surface area contributed by atoms with Crippen LogP contribution in [0.5, 0.6) is 0 Å². The monoisotopic (exact) mass is 268 g/mol. The number of anilines is 1. The van der Waals surface area contributed by atoms with Gasteiger partial charge in [-0.05, 0) is 32.2 Å². The first-order valence-corrected chi connectivity index (χ1v) is 7.92. The molecule has 2 rings (SSSR count). The van der Waals surface area contributed by atoms with E-state index < -0.39 is 0 Å². The van der Waals surface area contributed by atoms with Crippen LogP contribution < -0.4 is 10.2 Å². The second-order valence-electron chi connectivity index (χ2n) is 4.89. The SMILES string of the molecule is CCCNCC1CCCCN1c1nc(CC)ns1. The minimum Gasteiger partial charge on any atom is -0.343 e. The van der Waals surface area contributed by atoms with Crippen LogP contribution in [0.1, 0.15) is 45.4 Å². The van der Waals surface area contributed by atoms with Gasteiger partial charge in [0, 0.05) is 37.1 Å². The molecule has 4 nitrogen and oxygen atoms in total. The zero-order chi connectivity index (χ0) is 12.8. The predicted octanol–water partition coefficient (Wildman–Crippen LogP) is 2.46.